The summed E-state index contributed by atoms with van der Waals surface area (Å²) < 4.78 is 0. The van der Waals surface area contributed by atoms with Crippen molar-refractivity contribution in [2.45, 2.75) is 46.0 Å². The van der Waals surface area contributed by atoms with Crippen LogP contribution >= 0.6 is 0 Å². The molecule has 2 atom stereocenters. The van der Waals surface area contributed by atoms with E-state index in [-0.39, 0.29) is 0 Å². The first-order valence-electron chi connectivity index (χ1n) is 7.11. The minimum absolute atomic E-state index is 0.818. The van der Waals surface area contributed by atoms with Crippen LogP contribution in [0.1, 0.15) is 44.6 Å². The number of aromatic nitrogens is 1. The number of nitrogens with zero attached hydrogens (tertiary/aromatic N) is 1. The molecule has 1 aliphatic carbocycles. The van der Waals surface area contributed by atoms with E-state index >= 15 is 0 Å². The average molecular weight is 247 g/mol. The Labute approximate surface area is 110 Å². The Balaban J connectivity index is 1.76. The summed E-state index contributed by atoms with van der Waals surface area (Å²) in [6.07, 6.45) is 8.70. The van der Waals surface area contributed by atoms with E-state index in [2.05, 4.69) is 17.2 Å². The fraction of sp³-hybridized carbons (Fsp3) is 0.667. The van der Waals surface area contributed by atoms with Gasteiger partial charge >= 0.3 is 0 Å². The largest absolute Gasteiger partial charge is 0.398 e. The highest BCUT2D eigenvalue weighted by Crippen LogP contribution is 2.30. The van der Waals surface area contributed by atoms with E-state index in [9.17, 15) is 0 Å². The summed E-state index contributed by atoms with van der Waals surface area (Å²) in [6.45, 7) is 5.37. The Morgan fingerprint density at radius 3 is 3.00 bits per heavy atom. The van der Waals surface area contributed by atoms with Crippen LogP contribution in [0.2, 0.25) is 0 Å². The van der Waals surface area contributed by atoms with Gasteiger partial charge in [0.25, 0.3) is 0 Å². The SMILES string of the molecule is Cc1cnc(NCCC2CCCC(C)C2)cc1N. The zero-order chi connectivity index (χ0) is 13.0. The lowest BCUT2D eigenvalue weighted by Crippen LogP contribution is -2.17. The molecule has 1 aliphatic rings. The monoisotopic (exact) mass is 247 g/mol. The third kappa shape index (κ3) is 3.62. The first kappa shape index (κ1) is 13.2. The Kier molecular flexibility index (Phi) is 4.45. The van der Waals surface area contributed by atoms with Crippen LogP contribution in [-0.2, 0) is 0 Å². The van der Waals surface area contributed by atoms with Crippen LogP contribution in [0.3, 0.4) is 0 Å². The van der Waals surface area contributed by atoms with Gasteiger partial charge in [0.1, 0.15) is 5.82 Å². The molecule has 3 N–H and O–H groups in total. The highest BCUT2D eigenvalue weighted by molar-refractivity contribution is 5.53. The van der Waals surface area contributed by atoms with Gasteiger partial charge in [-0.05, 0) is 37.2 Å². The van der Waals surface area contributed by atoms with Crippen LogP contribution < -0.4 is 11.1 Å². The van der Waals surface area contributed by atoms with Crippen molar-refractivity contribution in [3.05, 3.63) is 17.8 Å². The van der Waals surface area contributed by atoms with Crippen molar-refractivity contribution in [1.82, 2.24) is 4.98 Å². The molecule has 0 spiro atoms. The number of hydrogen-bond donors (Lipinski definition) is 2. The van der Waals surface area contributed by atoms with Crippen molar-refractivity contribution >= 4 is 11.5 Å². The normalized spacial score (nSPS) is 23.9. The number of aryl methyl sites for hydroxylation is 1. The van der Waals surface area contributed by atoms with Crippen molar-refractivity contribution in [2.24, 2.45) is 11.8 Å². The predicted molar refractivity (Wildman–Crippen MR) is 77.6 cm³/mol. The van der Waals surface area contributed by atoms with Crippen molar-refractivity contribution in [3.8, 4) is 0 Å². The van der Waals surface area contributed by atoms with Gasteiger partial charge in [-0.25, -0.2) is 4.98 Å². The number of nitrogen functional groups attached to an aromatic ring is 1. The van der Waals surface area contributed by atoms with Crippen LogP contribution in [0.5, 0.6) is 0 Å². The van der Waals surface area contributed by atoms with Crippen molar-refractivity contribution in [2.75, 3.05) is 17.6 Å². The minimum atomic E-state index is 0.818. The third-order valence-electron chi connectivity index (χ3n) is 4.05. The lowest BCUT2D eigenvalue weighted by atomic mass is 9.81. The molecule has 1 fully saturated rings. The molecule has 18 heavy (non-hydrogen) atoms. The van der Waals surface area contributed by atoms with Crippen LogP contribution in [0.4, 0.5) is 11.5 Å². The van der Waals surface area contributed by atoms with E-state index in [4.69, 9.17) is 5.73 Å². The molecule has 0 radical (unpaired) electrons. The molecule has 0 saturated heterocycles. The summed E-state index contributed by atoms with van der Waals surface area (Å²) in [5, 5.41) is 3.38. The van der Waals surface area contributed by atoms with Gasteiger partial charge in [-0.1, -0.05) is 26.2 Å². The summed E-state index contributed by atoms with van der Waals surface area (Å²) in [4.78, 5) is 4.35. The van der Waals surface area contributed by atoms with E-state index < -0.39 is 0 Å². The molecule has 0 aromatic carbocycles. The summed E-state index contributed by atoms with van der Waals surface area (Å²) in [6, 6.07) is 1.93. The first-order chi connectivity index (χ1) is 8.65. The van der Waals surface area contributed by atoms with E-state index in [0.29, 0.717) is 0 Å². The maximum Gasteiger partial charge on any atom is 0.127 e. The van der Waals surface area contributed by atoms with Gasteiger partial charge in [0.05, 0.1) is 0 Å². The molecule has 0 bridgehead atoms. The van der Waals surface area contributed by atoms with Crippen LogP contribution in [0, 0.1) is 18.8 Å². The Morgan fingerprint density at radius 2 is 2.28 bits per heavy atom. The summed E-state index contributed by atoms with van der Waals surface area (Å²) >= 11 is 0. The number of nitrogens with two attached hydrogens (primary N) is 1. The van der Waals surface area contributed by atoms with Crippen molar-refractivity contribution in [3.63, 3.8) is 0 Å². The van der Waals surface area contributed by atoms with E-state index in [1.807, 2.05) is 19.2 Å². The molecule has 1 heterocycles. The van der Waals surface area contributed by atoms with Gasteiger partial charge in [0.15, 0.2) is 0 Å². The average Bonchev–Trinajstić information content (AvgIpc) is 2.34. The Morgan fingerprint density at radius 1 is 1.44 bits per heavy atom. The second-order valence-corrected chi connectivity index (χ2v) is 5.78. The third-order valence-corrected chi connectivity index (χ3v) is 4.05. The Bertz CT molecular complexity index is 389. The van der Waals surface area contributed by atoms with Crippen LogP contribution in [0.25, 0.3) is 0 Å². The van der Waals surface area contributed by atoms with Crippen molar-refractivity contribution < 1.29 is 0 Å². The lowest BCUT2D eigenvalue weighted by molar-refractivity contribution is 0.274. The number of rotatable bonds is 4. The molecule has 1 saturated carbocycles. The molecule has 3 heteroatoms. The molecule has 1 aromatic rings. The van der Waals surface area contributed by atoms with Gasteiger partial charge in [-0.15, -0.1) is 0 Å². The van der Waals surface area contributed by atoms with Gasteiger partial charge < -0.3 is 11.1 Å². The molecule has 2 unspecified atom stereocenters. The summed E-state index contributed by atoms with van der Waals surface area (Å²) in [7, 11) is 0. The second-order valence-electron chi connectivity index (χ2n) is 5.78. The van der Waals surface area contributed by atoms with Crippen LogP contribution in [0.15, 0.2) is 12.3 Å². The number of anilines is 2. The molecule has 0 aliphatic heterocycles. The number of hydrogen-bond acceptors (Lipinski definition) is 3. The smallest absolute Gasteiger partial charge is 0.127 e. The molecule has 1 aromatic heterocycles. The predicted octanol–water partition coefficient (Wildman–Crippen LogP) is 3.60. The highest BCUT2D eigenvalue weighted by atomic mass is 15.0. The minimum Gasteiger partial charge on any atom is -0.398 e. The zero-order valence-corrected chi connectivity index (χ0v) is 11.6. The quantitative estimate of drug-likeness (QED) is 0.854. The van der Waals surface area contributed by atoms with Gasteiger partial charge in [-0.2, -0.15) is 0 Å². The van der Waals surface area contributed by atoms with E-state index in [0.717, 1.165) is 35.4 Å². The maximum atomic E-state index is 5.87. The molecule has 0 amide bonds. The summed E-state index contributed by atoms with van der Waals surface area (Å²) in [5.41, 5.74) is 7.73. The molecule has 3 nitrogen and oxygen atoms in total. The molecule has 100 valence electrons. The maximum absolute atomic E-state index is 5.87. The van der Waals surface area contributed by atoms with E-state index in [1.165, 1.54) is 32.1 Å². The standard InChI is InChI=1S/C15H25N3/c1-11-4-3-5-13(8-11)6-7-17-15-9-14(16)12(2)10-18-15/h9-11,13H,3-8H2,1-2H3,(H3,16,17,18). The van der Waals surface area contributed by atoms with E-state index in [1.54, 1.807) is 0 Å². The highest BCUT2D eigenvalue weighted by Gasteiger charge is 2.18. The zero-order valence-electron chi connectivity index (χ0n) is 11.6. The lowest BCUT2D eigenvalue weighted by Gasteiger charge is -2.26. The summed E-state index contributed by atoms with van der Waals surface area (Å²) in [5.74, 6) is 2.71. The fourth-order valence-electron chi connectivity index (χ4n) is 2.86. The van der Waals surface area contributed by atoms with Crippen molar-refractivity contribution in [1.29, 1.82) is 0 Å². The molecule has 2 rings (SSSR count). The number of pyridine rings is 1. The van der Waals surface area contributed by atoms with Gasteiger partial charge in [0, 0.05) is 24.5 Å². The second kappa shape index (κ2) is 6.07. The van der Waals surface area contributed by atoms with Gasteiger partial charge in [0.2, 0.25) is 0 Å². The van der Waals surface area contributed by atoms with Gasteiger partial charge in [-0.3, -0.25) is 0 Å². The molecular weight excluding hydrogens is 222 g/mol. The number of nitrogens with one attached hydrogen (secondary N) is 1. The topological polar surface area (TPSA) is 50.9 Å². The molecular formula is C15H25N3. The fourth-order valence-corrected chi connectivity index (χ4v) is 2.86. The van der Waals surface area contributed by atoms with Crippen LogP contribution in [-0.4, -0.2) is 11.5 Å². The first-order valence-corrected chi connectivity index (χ1v) is 7.11. The Hall–Kier alpha value is -1.25.